The number of carbonyl (C=O) groups is 4. The highest BCUT2D eigenvalue weighted by Gasteiger charge is 2.39. The van der Waals surface area contributed by atoms with Gasteiger partial charge in [0.15, 0.2) is 0 Å². The Morgan fingerprint density at radius 2 is 2.00 bits per heavy atom. The summed E-state index contributed by atoms with van der Waals surface area (Å²) in [6.07, 6.45) is 7.30. The minimum atomic E-state index is -0.632. The maximum absolute atomic E-state index is 12.9. The first kappa shape index (κ1) is 24.7. The van der Waals surface area contributed by atoms with Crippen molar-refractivity contribution >= 4 is 23.8 Å². The number of ether oxygens (including phenoxy) is 1. The van der Waals surface area contributed by atoms with Gasteiger partial charge in [-0.05, 0) is 36.0 Å². The third-order valence-corrected chi connectivity index (χ3v) is 6.33. The number of rotatable bonds is 11. The van der Waals surface area contributed by atoms with E-state index in [2.05, 4.69) is 24.5 Å². The summed E-state index contributed by atoms with van der Waals surface area (Å²) in [4.78, 5) is 50.0. The van der Waals surface area contributed by atoms with Gasteiger partial charge < -0.3 is 15.0 Å². The molecule has 0 radical (unpaired) electrons. The minimum absolute atomic E-state index is 0.225. The van der Waals surface area contributed by atoms with Crippen LogP contribution in [0.1, 0.15) is 86.7 Å². The van der Waals surface area contributed by atoms with Crippen LogP contribution in [-0.2, 0) is 27.4 Å². The summed E-state index contributed by atoms with van der Waals surface area (Å²) in [6.45, 7) is 5.28. The third kappa shape index (κ3) is 6.79. The molecule has 0 aliphatic carbocycles. The summed E-state index contributed by atoms with van der Waals surface area (Å²) in [6, 6.07) is 4.83. The van der Waals surface area contributed by atoms with Crippen LogP contribution in [-0.4, -0.2) is 41.4 Å². The number of amides is 4. The number of alkyl carbamates (subject to hydrolysis) is 1. The molecule has 1 aromatic rings. The lowest BCUT2D eigenvalue weighted by atomic mass is 10.0. The highest BCUT2D eigenvalue weighted by molar-refractivity contribution is 6.05. The zero-order valence-corrected chi connectivity index (χ0v) is 19.7. The number of hydrogen-bond donors (Lipinski definition) is 2. The van der Waals surface area contributed by atoms with Gasteiger partial charge in [-0.3, -0.25) is 19.7 Å². The van der Waals surface area contributed by atoms with E-state index in [1.165, 1.54) is 30.6 Å². The van der Waals surface area contributed by atoms with Gasteiger partial charge in [0.25, 0.3) is 5.91 Å². The van der Waals surface area contributed by atoms with Crippen LogP contribution >= 0.6 is 0 Å². The van der Waals surface area contributed by atoms with Crippen LogP contribution in [0.5, 0.6) is 0 Å². The second kappa shape index (κ2) is 11.8. The molecule has 0 saturated carbocycles. The fourth-order valence-corrected chi connectivity index (χ4v) is 4.33. The van der Waals surface area contributed by atoms with Crippen LogP contribution in [0.2, 0.25) is 0 Å². The SMILES string of the molecule is CCCCCCCC(C)COC(=O)NCc1ccc2c(c1)C(=O)N(C1CCC(=O)NC1=O)C2. The van der Waals surface area contributed by atoms with Crippen molar-refractivity contribution in [1.82, 2.24) is 15.5 Å². The predicted octanol–water partition coefficient (Wildman–Crippen LogP) is 3.67. The van der Waals surface area contributed by atoms with Crippen LogP contribution in [0, 0.1) is 5.92 Å². The molecule has 8 heteroatoms. The van der Waals surface area contributed by atoms with Gasteiger partial charge in [-0.15, -0.1) is 0 Å². The van der Waals surface area contributed by atoms with Gasteiger partial charge in [0.2, 0.25) is 11.8 Å². The molecular weight excluding hydrogens is 422 g/mol. The summed E-state index contributed by atoms with van der Waals surface area (Å²) >= 11 is 0. The Morgan fingerprint density at radius 3 is 2.76 bits per heavy atom. The van der Waals surface area contributed by atoms with Crippen molar-refractivity contribution in [3.05, 3.63) is 34.9 Å². The third-order valence-electron chi connectivity index (χ3n) is 6.33. The quantitative estimate of drug-likeness (QED) is 0.390. The molecule has 1 aromatic carbocycles. The number of benzene rings is 1. The molecule has 2 atom stereocenters. The van der Waals surface area contributed by atoms with Gasteiger partial charge in [-0.2, -0.15) is 0 Å². The highest BCUT2D eigenvalue weighted by Crippen LogP contribution is 2.28. The van der Waals surface area contributed by atoms with Crippen molar-refractivity contribution < 1.29 is 23.9 Å². The van der Waals surface area contributed by atoms with Gasteiger partial charge in [0.1, 0.15) is 6.04 Å². The van der Waals surface area contributed by atoms with E-state index in [1.54, 1.807) is 6.07 Å². The van der Waals surface area contributed by atoms with Crippen LogP contribution in [0.25, 0.3) is 0 Å². The van der Waals surface area contributed by atoms with E-state index in [4.69, 9.17) is 4.74 Å². The number of nitrogens with one attached hydrogen (secondary N) is 2. The average molecular weight is 458 g/mol. The van der Waals surface area contributed by atoms with Gasteiger partial charge >= 0.3 is 6.09 Å². The number of carbonyl (C=O) groups excluding carboxylic acids is 4. The molecule has 2 aliphatic rings. The number of nitrogens with zero attached hydrogens (tertiary/aromatic N) is 1. The van der Waals surface area contributed by atoms with E-state index in [1.807, 2.05) is 12.1 Å². The zero-order valence-electron chi connectivity index (χ0n) is 19.7. The van der Waals surface area contributed by atoms with Crippen molar-refractivity contribution in [2.75, 3.05) is 6.61 Å². The van der Waals surface area contributed by atoms with Crippen molar-refractivity contribution in [1.29, 1.82) is 0 Å². The van der Waals surface area contributed by atoms with Crippen LogP contribution in [0.4, 0.5) is 4.79 Å². The molecule has 1 fully saturated rings. The van der Waals surface area contributed by atoms with Crippen LogP contribution in [0.15, 0.2) is 18.2 Å². The largest absolute Gasteiger partial charge is 0.449 e. The lowest BCUT2D eigenvalue weighted by Crippen LogP contribution is -2.52. The Balaban J connectivity index is 1.43. The number of fused-ring (bicyclic) bond motifs is 1. The smallest absolute Gasteiger partial charge is 0.407 e. The van der Waals surface area contributed by atoms with E-state index in [-0.39, 0.29) is 24.8 Å². The van der Waals surface area contributed by atoms with Crippen molar-refractivity contribution in [3.8, 4) is 0 Å². The van der Waals surface area contributed by atoms with Crippen LogP contribution < -0.4 is 10.6 Å². The second-order valence-electron chi connectivity index (χ2n) is 9.15. The van der Waals surface area contributed by atoms with Crippen molar-refractivity contribution in [2.24, 2.45) is 5.92 Å². The summed E-state index contributed by atoms with van der Waals surface area (Å²) < 4.78 is 5.34. The monoisotopic (exact) mass is 457 g/mol. The van der Waals surface area contributed by atoms with Crippen LogP contribution in [0.3, 0.4) is 0 Å². The number of unbranched alkanes of at least 4 members (excludes halogenated alkanes) is 4. The summed E-state index contributed by atoms with van der Waals surface area (Å²) in [7, 11) is 0. The molecule has 2 N–H and O–H groups in total. The van der Waals surface area contributed by atoms with Gasteiger partial charge in [-0.25, -0.2) is 4.79 Å². The van der Waals surface area contributed by atoms with E-state index in [0.717, 1.165) is 24.0 Å². The lowest BCUT2D eigenvalue weighted by Gasteiger charge is -2.29. The number of imide groups is 1. The lowest BCUT2D eigenvalue weighted by molar-refractivity contribution is -0.136. The van der Waals surface area contributed by atoms with E-state index < -0.39 is 18.0 Å². The fourth-order valence-electron chi connectivity index (χ4n) is 4.33. The molecule has 2 unspecified atom stereocenters. The van der Waals surface area contributed by atoms with Crippen molar-refractivity contribution in [2.45, 2.75) is 84.3 Å². The Kier molecular flexibility index (Phi) is 8.86. The van der Waals surface area contributed by atoms with E-state index in [9.17, 15) is 19.2 Å². The molecule has 0 aromatic heterocycles. The molecular formula is C25H35N3O5. The first-order chi connectivity index (χ1) is 15.9. The maximum Gasteiger partial charge on any atom is 0.407 e. The molecule has 2 heterocycles. The van der Waals surface area contributed by atoms with E-state index >= 15 is 0 Å². The molecule has 3 rings (SSSR count). The summed E-state index contributed by atoms with van der Waals surface area (Å²) in [5.74, 6) is -0.626. The molecule has 4 amide bonds. The Morgan fingerprint density at radius 1 is 1.21 bits per heavy atom. The highest BCUT2D eigenvalue weighted by atomic mass is 16.5. The molecule has 180 valence electrons. The Bertz CT molecular complexity index is 885. The summed E-state index contributed by atoms with van der Waals surface area (Å²) in [5.41, 5.74) is 2.15. The maximum atomic E-state index is 12.9. The van der Waals surface area contributed by atoms with Gasteiger partial charge in [-0.1, -0.05) is 58.1 Å². The number of piperidine rings is 1. The summed E-state index contributed by atoms with van der Waals surface area (Å²) in [5, 5.41) is 5.05. The average Bonchev–Trinajstić information content (AvgIpc) is 3.12. The standard InChI is InChI=1S/C25H35N3O5/c1-3-4-5-6-7-8-17(2)16-33-25(32)26-14-18-9-10-19-15-28(24(31)20(19)13-18)21-11-12-22(29)27-23(21)30/h9-10,13,17,21H,3-8,11-12,14-16H2,1-2H3,(H,26,32)(H,27,29,30). The minimum Gasteiger partial charge on any atom is -0.449 e. The van der Waals surface area contributed by atoms with Gasteiger partial charge in [0, 0.05) is 25.1 Å². The normalized spacial score (nSPS) is 18.7. The molecule has 8 nitrogen and oxygen atoms in total. The first-order valence-electron chi connectivity index (χ1n) is 12.1. The first-order valence-corrected chi connectivity index (χ1v) is 12.1. The molecule has 0 bridgehead atoms. The molecule has 2 aliphatic heterocycles. The topological polar surface area (TPSA) is 105 Å². The van der Waals surface area contributed by atoms with Crippen molar-refractivity contribution in [3.63, 3.8) is 0 Å². The second-order valence-corrected chi connectivity index (χ2v) is 9.15. The van der Waals surface area contributed by atoms with Gasteiger partial charge in [0.05, 0.1) is 6.61 Å². The molecule has 0 spiro atoms. The fraction of sp³-hybridized carbons (Fsp3) is 0.600. The number of hydrogen-bond acceptors (Lipinski definition) is 5. The zero-order chi connectivity index (χ0) is 23.8. The Hall–Kier alpha value is -2.90. The molecule has 33 heavy (non-hydrogen) atoms. The Labute approximate surface area is 195 Å². The predicted molar refractivity (Wildman–Crippen MR) is 123 cm³/mol. The van der Waals surface area contributed by atoms with E-state index in [0.29, 0.717) is 31.1 Å². The molecule has 1 saturated heterocycles.